The molecule has 0 saturated heterocycles. The molecular weight excluding hydrogens is 286 g/mol. The van der Waals surface area contributed by atoms with Gasteiger partial charge in [0.2, 0.25) is 5.91 Å². The Bertz CT molecular complexity index is 531. The maximum absolute atomic E-state index is 11.8. The van der Waals surface area contributed by atoms with E-state index in [1.807, 2.05) is 0 Å². The molecule has 1 rings (SSSR count). The standard InChI is InChI=1S/C15H21N3O4/c1-2-3-4-5-6-10-14(19)16-17-15(20)12-8-7-9-13(11-12)18(21)22/h7-9,11H,2-6,10H2,1H3,(H,16,19)(H,17,20). The molecule has 1 aromatic rings. The lowest BCUT2D eigenvalue weighted by molar-refractivity contribution is -0.384. The molecule has 0 saturated carbocycles. The van der Waals surface area contributed by atoms with E-state index in [2.05, 4.69) is 17.8 Å². The average Bonchev–Trinajstić information content (AvgIpc) is 2.52. The third kappa shape index (κ3) is 6.34. The number of amides is 2. The van der Waals surface area contributed by atoms with Crippen molar-refractivity contribution >= 4 is 17.5 Å². The van der Waals surface area contributed by atoms with Crippen molar-refractivity contribution in [2.45, 2.75) is 45.4 Å². The molecule has 0 aliphatic heterocycles. The SMILES string of the molecule is CCCCCCCC(=O)NNC(=O)c1cccc([N+](=O)[O-])c1. The van der Waals surface area contributed by atoms with E-state index >= 15 is 0 Å². The molecule has 0 aliphatic carbocycles. The van der Waals surface area contributed by atoms with Gasteiger partial charge in [-0.3, -0.25) is 30.6 Å². The zero-order chi connectivity index (χ0) is 16.4. The van der Waals surface area contributed by atoms with E-state index in [0.29, 0.717) is 6.42 Å². The van der Waals surface area contributed by atoms with Crippen molar-refractivity contribution in [3.8, 4) is 0 Å². The van der Waals surface area contributed by atoms with Crippen LogP contribution in [0.1, 0.15) is 55.8 Å². The highest BCUT2D eigenvalue weighted by Gasteiger charge is 2.11. The van der Waals surface area contributed by atoms with E-state index in [-0.39, 0.29) is 17.2 Å². The summed E-state index contributed by atoms with van der Waals surface area (Å²) in [6.45, 7) is 2.12. The van der Waals surface area contributed by atoms with E-state index < -0.39 is 10.8 Å². The molecule has 0 fully saturated rings. The number of carbonyl (C=O) groups excluding carboxylic acids is 2. The van der Waals surface area contributed by atoms with Gasteiger partial charge in [-0.25, -0.2) is 0 Å². The first-order chi connectivity index (χ1) is 10.5. The van der Waals surface area contributed by atoms with E-state index in [1.54, 1.807) is 0 Å². The fourth-order valence-corrected chi connectivity index (χ4v) is 1.91. The first-order valence-electron chi connectivity index (χ1n) is 7.38. The highest BCUT2D eigenvalue weighted by atomic mass is 16.6. The Labute approximate surface area is 129 Å². The van der Waals surface area contributed by atoms with Crippen LogP contribution in [0.2, 0.25) is 0 Å². The minimum atomic E-state index is -0.581. The van der Waals surface area contributed by atoms with Crippen LogP contribution in [0.25, 0.3) is 0 Å². The van der Waals surface area contributed by atoms with E-state index in [4.69, 9.17) is 0 Å². The van der Waals surface area contributed by atoms with Crippen LogP contribution in [-0.4, -0.2) is 16.7 Å². The van der Waals surface area contributed by atoms with Gasteiger partial charge < -0.3 is 0 Å². The number of benzene rings is 1. The van der Waals surface area contributed by atoms with Crippen LogP contribution in [-0.2, 0) is 4.79 Å². The molecule has 7 nitrogen and oxygen atoms in total. The Morgan fingerprint density at radius 3 is 2.55 bits per heavy atom. The maximum Gasteiger partial charge on any atom is 0.270 e. The second-order valence-electron chi connectivity index (χ2n) is 4.97. The fourth-order valence-electron chi connectivity index (χ4n) is 1.91. The number of nitro groups is 1. The lowest BCUT2D eigenvalue weighted by Crippen LogP contribution is -2.41. The molecule has 0 spiro atoms. The topological polar surface area (TPSA) is 101 Å². The van der Waals surface area contributed by atoms with Gasteiger partial charge in [0.05, 0.1) is 4.92 Å². The molecule has 0 unspecified atom stereocenters. The number of nitrogens with one attached hydrogen (secondary N) is 2. The van der Waals surface area contributed by atoms with Crippen LogP contribution >= 0.6 is 0 Å². The molecule has 0 heterocycles. The molecule has 1 aromatic carbocycles. The monoisotopic (exact) mass is 307 g/mol. The third-order valence-corrected chi connectivity index (χ3v) is 3.14. The summed E-state index contributed by atoms with van der Waals surface area (Å²) >= 11 is 0. The Morgan fingerprint density at radius 2 is 1.86 bits per heavy atom. The summed E-state index contributed by atoms with van der Waals surface area (Å²) in [5, 5.41) is 10.6. The van der Waals surface area contributed by atoms with Gasteiger partial charge in [0, 0.05) is 24.1 Å². The zero-order valence-corrected chi connectivity index (χ0v) is 12.6. The minimum absolute atomic E-state index is 0.123. The second-order valence-corrected chi connectivity index (χ2v) is 4.97. The van der Waals surface area contributed by atoms with Crippen molar-refractivity contribution in [3.63, 3.8) is 0 Å². The van der Waals surface area contributed by atoms with Gasteiger partial charge in [-0.1, -0.05) is 38.7 Å². The molecule has 2 N–H and O–H groups in total. The molecule has 120 valence electrons. The van der Waals surface area contributed by atoms with Crippen molar-refractivity contribution in [2.75, 3.05) is 0 Å². The number of unbranched alkanes of at least 4 members (excludes halogenated alkanes) is 4. The third-order valence-electron chi connectivity index (χ3n) is 3.14. The lowest BCUT2D eigenvalue weighted by atomic mass is 10.1. The largest absolute Gasteiger partial charge is 0.273 e. The fraction of sp³-hybridized carbons (Fsp3) is 0.467. The Morgan fingerprint density at radius 1 is 1.14 bits per heavy atom. The van der Waals surface area contributed by atoms with Crippen LogP contribution in [0.3, 0.4) is 0 Å². The summed E-state index contributed by atoms with van der Waals surface area (Å²) in [6, 6.07) is 5.32. The van der Waals surface area contributed by atoms with Crippen LogP contribution in [0.15, 0.2) is 24.3 Å². The molecular formula is C15H21N3O4. The number of hydrogen-bond donors (Lipinski definition) is 2. The molecule has 0 atom stereocenters. The number of carbonyl (C=O) groups is 2. The molecule has 22 heavy (non-hydrogen) atoms. The predicted octanol–water partition coefficient (Wildman–Crippen LogP) is 2.72. The quantitative estimate of drug-likeness (QED) is 0.438. The van der Waals surface area contributed by atoms with E-state index in [1.165, 1.54) is 18.2 Å². The Balaban J connectivity index is 2.34. The lowest BCUT2D eigenvalue weighted by Gasteiger charge is -2.07. The van der Waals surface area contributed by atoms with E-state index in [0.717, 1.165) is 38.2 Å². The number of non-ortho nitro benzene ring substituents is 1. The van der Waals surface area contributed by atoms with E-state index in [9.17, 15) is 19.7 Å². The van der Waals surface area contributed by atoms with Crippen LogP contribution in [0.5, 0.6) is 0 Å². The minimum Gasteiger partial charge on any atom is -0.273 e. The molecule has 7 heteroatoms. The van der Waals surface area contributed by atoms with Crippen LogP contribution < -0.4 is 10.9 Å². The van der Waals surface area contributed by atoms with Crippen molar-refractivity contribution in [1.29, 1.82) is 0 Å². The molecule has 0 bridgehead atoms. The van der Waals surface area contributed by atoms with Gasteiger partial charge in [0.15, 0.2) is 0 Å². The Kier molecular flexibility index (Phi) is 7.60. The zero-order valence-electron chi connectivity index (χ0n) is 12.6. The van der Waals surface area contributed by atoms with Gasteiger partial charge in [-0.05, 0) is 12.5 Å². The average molecular weight is 307 g/mol. The normalized spacial score (nSPS) is 10.0. The summed E-state index contributed by atoms with van der Waals surface area (Å²) in [5.74, 6) is -0.849. The number of rotatable bonds is 8. The molecule has 0 aliphatic rings. The first kappa shape index (κ1) is 17.6. The number of nitro benzene ring substituents is 1. The highest BCUT2D eigenvalue weighted by molar-refractivity contribution is 5.95. The molecule has 0 aromatic heterocycles. The summed E-state index contributed by atoms with van der Waals surface area (Å²) in [5.41, 5.74) is 4.52. The number of hydrazine groups is 1. The van der Waals surface area contributed by atoms with Gasteiger partial charge in [-0.15, -0.1) is 0 Å². The maximum atomic E-state index is 11.8. The first-order valence-corrected chi connectivity index (χ1v) is 7.38. The van der Waals surface area contributed by atoms with Crippen LogP contribution in [0, 0.1) is 10.1 Å². The summed E-state index contributed by atoms with van der Waals surface area (Å²) in [4.78, 5) is 33.4. The van der Waals surface area contributed by atoms with Gasteiger partial charge >= 0.3 is 0 Å². The van der Waals surface area contributed by atoms with Gasteiger partial charge in [0.25, 0.3) is 11.6 Å². The van der Waals surface area contributed by atoms with Crippen molar-refractivity contribution in [1.82, 2.24) is 10.9 Å². The smallest absolute Gasteiger partial charge is 0.270 e. The molecule has 2 amide bonds. The van der Waals surface area contributed by atoms with Crippen molar-refractivity contribution in [3.05, 3.63) is 39.9 Å². The summed E-state index contributed by atoms with van der Waals surface area (Å²) in [6.07, 6.45) is 5.51. The number of hydrogen-bond acceptors (Lipinski definition) is 4. The van der Waals surface area contributed by atoms with Gasteiger partial charge in [0.1, 0.15) is 0 Å². The Hall–Kier alpha value is -2.44. The van der Waals surface area contributed by atoms with Crippen molar-refractivity contribution < 1.29 is 14.5 Å². The molecule has 0 radical (unpaired) electrons. The van der Waals surface area contributed by atoms with Gasteiger partial charge in [-0.2, -0.15) is 0 Å². The number of nitrogens with zero attached hydrogens (tertiary/aromatic N) is 1. The summed E-state index contributed by atoms with van der Waals surface area (Å²) in [7, 11) is 0. The van der Waals surface area contributed by atoms with Crippen LogP contribution in [0.4, 0.5) is 5.69 Å². The summed E-state index contributed by atoms with van der Waals surface area (Å²) < 4.78 is 0. The predicted molar refractivity (Wildman–Crippen MR) is 82.1 cm³/mol. The second kappa shape index (κ2) is 9.49. The van der Waals surface area contributed by atoms with Crippen molar-refractivity contribution in [2.24, 2.45) is 0 Å². The highest BCUT2D eigenvalue weighted by Crippen LogP contribution is 2.12.